The lowest BCUT2D eigenvalue weighted by atomic mass is 10.1. The van der Waals surface area contributed by atoms with E-state index in [1.165, 1.54) is 0 Å². The Morgan fingerprint density at radius 2 is 1.67 bits per heavy atom. The van der Waals surface area contributed by atoms with Crippen LogP contribution in [0.1, 0.15) is 12.0 Å². The summed E-state index contributed by atoms with van der Waals surface area (Å²) in [6.07, 6.45) is 0.383. The van der Waals surface area contributed by atoms with Gasteiger partial charge in [0, 0.05) is 23.1 Å². The molecule has 2 aromatic rings. The second-order valence-corrected chi connectivity index (χ2v) is 6.81. The second kappa shape index (κ2) is 9.06. The third-order valence-electron chi connectivity index (χ3n) is 3.15. The van der Waals surface area contributed by atoms with Gasteiger partial charge >= 0.3 is 0 Å². The zero-order valence-electron chi connectivity index (χ0n) is 12.6. The Labute approximate surface area is 158 Å². The predicted octanol–water partition coefficient (Wildman–Crippen LogP) is 4.44. The Bertz CT molecular complexity index is 736. The molecular formula is C17H15BrCl2N2O2. The van der Waals surface area contributed by atoms with Crippen molar-refractivity contribution >= 4 is 56.6 Å². The van der Waals surface area contributed by atoms with Crippen LogP contribution in [-0.2, 0) is 16.0 Å². The number of amides is 2. The minimum Gasteiger partial charge on any atom is -0.355 e. The van der Waals surface area contributed by atoms with E-state index in [0.717, 1.165) is 10.0 Å². The van der Waals surface area contributed by atoms with Crippen molar-refractivity contribution in [1.29, 1.82) is 0 Å². The summed E-state index contributed by atoms with van der Waals surface area (Å²) in [6.45, 7) is 0.266. The summed E-state index contributed by atoms with van der Waals surface area (Å²) >= 11 is 15.1. The molecule has 0 atom stereocenters. The van der Waals surface area contributed by atoms with E-state index in [2.05, 4.69) is 26.6 Å². The van der Waals surface area contributed by atoms with Gasteiger partial charge in [0.05, 0.1) is 16.5 Å². The number of halogens is 3. The fourth-order valence-corrected chi connectivity index (χ4v) is 2.55. The monoisotopic (exact) mass is 428 g/mol. The molecule has 0 unspecified atom stereocenters. The molecule has 4 nitrogen and oxygen atoms in total. The summed E-state index contributed by atoms with van der Waals surface area (Å²) in [4.78, 5) is 23.7. The van der Waals surface area contributed by atoms with Crippen molar-refractivity contribution in [1.82, 2.24) is 5.32 Å². The highest BCUT2D eigenvalue weighted by atomic mass is 79.9. The number of hydrogen-bond acceptors (Lipinski definition) is 2. The number of rotatable bonds is 6. The average molecular weight is 430 g/mol. The van der Waals surface area contributed by atoms with Crippen molar-refractivity contribution < 1.29 is 9.59 Å². The summed E-state index contributed by atoms with van der Waals surface area (Å²) in [7, 11) is 0. The van der Waals surface area contributed by atoms with Gasteiger partial charge in [-0.05, 0) is 42.0 Å². The normalized spacial score (nSPS) is 10.3. The first-order chi connectivity index (χ1) is 11.4. The number of anilines is 1. The molecule has 0 aliphatic carbocycles. The van der Waals surface area contributed by atoms with Crippen molar-refractivity contribution in [3.05, 3.63) is 62.5 Å². The average Bonchev–Trinajstić information content (AvgIpc) is 2.53. The molecule has 7 heteroatoms. The van der Waals surface area contributed by atoms with Gasteiger partial charge in [0.2, 0.25) is 11.8 Å². The smallest absolute Gasteiger partial charge is 0.226 e. The maximum atomic E-state index is 11.9. The molecule has 0 aromatic heterocycles. The molecule has 0 radical (unpaired) electrons. The number of carbonyl (C=O) groups excluding carboxylic acids is 2. The first kappa shape index (κ1) is 18.8. The van der Waals surface area contributed by atoms with Gasteiger partial charge in [-0.2, -0.15) is 0 Å². The van der Waals surface area contributed by atoms with Crippen LogP contribution in [0.3, 0.4) is 0 Å². The van der Waals surface area contributed by atoms with Crippen LogP contribution in [0.25, 0.3) is 0 Å². The van der Waals surface area contributed by atoms with Crippen LogP contribution in [0.15, 0.2) is 46.9 Å². The highest BCUT2D eigenvalue weighted by Crippen LogP contribution is 2.22. The zero-order chi connectivity index (χ0) is 17.5. The summed E-state index contributed by atoms with van der Waals surface area (Å²) in [6, 6.07) is 12.3. The highest BCUT2D eigenvalue weighted by Gasteiger charge is 2.07. The van der Waals surface area contributed by atoms with E-state index in [-0.39, 0.29) is 31.2 Å². The molecule has 24 heavy (non-hydrogen) atoms. The maximum Gasteiger partial charge on any atom is 0.226 e. The van der Waals surface area contributed by atoms with E-state index in [1.807, 2.05) is 12.1 Å². The molecule has 0 saturated carbocycles. The van der Waals surface area contributed by atoms with E-state index in [9.17, 15) is 9.59 Å². The second-order valence-electron chi connectivity index (χ2n) is 5.08. The summed E-state index contributed by atoms with van der Waals surface area (Å²) in [5, 5.41) is 6.33. The van der Waals surface area contributed by atoms with Crippen molar-refractivity contribution in [2.75, 3.05) is 11.9 Å². The molecule has 0 heterocycles. The van der Waals surface area contributed by atoms with E-state index < -0.39 is 0 Å². The van der Waals surface area contributed by atoms with Gasteiger partial charge in [-0.1, -0.05) is 45.2 Å². The summed E-state index contributed by atoms with van der Waals surface area (Å²) in [5.74, 6) is -0.336. The fraction of sp³-hybridized carbons (Fsp3) is 0.176. The Morgan fingerprint density at radius 1 is 0.958 bits per heavy atom. The minimum atomic E-state index is -0.176. The topological polar surface area (TPSA) is 58.2 Å². The third-order valence-corrected chi connectivity index (χ3v) is 4.42. The molecule has 0 bridgehead atoms. The molecule has 0 aliphatic rings. The molecular weight excluding hydrogens is 415 g/mol. The van der Waals surface area contributed by atoms with Crippen LogP contribution >= 0.6 is 39.1 Å². The van der Waals surface area contributed by atoms with Crippen molar-refractivity contribution in [3.63, 3.8) is 0 Å². The molecule has 0 aliphatic heterocycles. The SMILES string of the molecule is O=C(Cc1ccc(Cl)c(Cl)c1)NCCC(=O)Nc1ccc(Br)cc1. The zero-order valence-corrected chi connectivity index (χ0v) is 15.7. The van der Waals surface area contributed by atoms with Crippen molar-refractivity contribution in [2.24, 2.45) is 0 Å². The Hall–Kier alpha value is -1.56. The standard InChI is InChI=1S/C17H15BrCl2N2O2/c18-12-2-4-13(5-3-12)22-16(23)7-8-21-17(24)10-11-1-6-14(19)15(20)9-11/h1-6,9H,7-8,10H2,(H,21,24)(H,22,23). The maximum absolute atomic E-state index is 11.9. The first-order valence-corrected chi connectivity index (χ1v) is 8.75. The van der Waals surface area contributed by atoms with E-state index >= 15 is 0 Å². The van der Waals surface area contributed by atoms with Crippen molar-refractivity contribution in [3.8, 4) is 0 Å². The molecule has 0 fully saturated rings. The Balaban J connectivity index is 1.72. The molecule has 0 saturated heterocycles. The summed E-state index contributed by atoms with van der Waals surface area (Å²) in [5.41, 5.74) is 1.48. The first-order valence-electron chi connectivity index (χ1n) is 7.20. The van der Waals surface area contributed by atoms with E-state index in [1.54, 1.807) is 30.3 Å². The van der Waals surface area contributed by atoms with E-state index in [4.69, 9.17) is 23.2 Å². The highest BCUT2D eigenvalue weighted by molar-refractivity contribution is 9.10. The van der Waals surface area contributed by atoms with Crippen LogP contribution in [0.2, 0.25) is 10.0 Å². The molecule has 2 amide bonds. The van der Waals surface area contributed by atoms with Gasteiger partial charge in [0.1, 0.15) is 0 Å². The minimum absolute atomic E-state index is 0.160. The van der Waals surface area contributed by atoms with Gasteiger partial charge in [0.15, 0.2) is 0 Å². The largest absolute Gasteiger partial charge is 0.355 e. The predicted molar refractivity (Wildman–Crippen MR) is 101 cm³/mol. The molecule has 2 N–H and O–H groups in total. The van der Waals surface area contributed by atoms with Crippen LogP contribution < -0.4 is 10.6 Å². The molecule has 0 spiro atoms. The van der Waals surface area contributed by atoms with Crippen LogP contribution in [-0.4, -0.2) is 18.4 Å². The van der Waals surface area contributed by atoms with Crippen LogP contribution in [0.5, 0.6) is 0 Å². The van der Waals surface area contributed by atoms with E-state index in [0.29, 0.717) is 15.7 Å². The van der Waals surface area contributed by atoms with Gasteiger partial charge in [0.25, 0.3) is 0 Å². The number of nitrogens with one attached hydrogen (secondary N) is 2. The fourth-order valence-electron chi connectivity index (χ4n) is 1.97. The lowest BCUT2D eigenvalue weighted by Crippen LogP contribution is -2.28. The lowest BCUT2D eigenvalue weighted by Gasteiger charge is -2.07. The number of hydrogen-bond donors (Lipinski definition) is 2. The van der Waals surface area contributed by atoms with Gasteiger partial charge in [-0.15, -0.1) is 0 Å². The molecule has 2 aromatic carbocycles. The lowest BCUT2D eigenvalue weighted by molar-refractivity contribution is -0.120. The Morgan fingerprint density at radius 3 is 2.33 bits per heavy atom. The Kier molecular flexibility index (Phi) is 7.09. The summed E-state index contributed by atoms with van der Waals surface area (Å²) < 4.78 is 0.940. The van der Waals surface area contributed by atoms with Crippen LogP contribution in [0, 0.1) is 0 Å². The van der Waals surface area contributed by atoms with Crippen LogP contribution in [0.4, 0.5) is 5.69 Å². The quantitative estimate of drug-likeness (QED) is 0.712. The molecule has 126 valence electrons. The van der Waals surface area contributed by atoms with Crippen molar-refractivity contribution in [2.45, 2.75) is 12.8 Å². The third kappa shape index (κ3) is 6.15. The number of benzene rings is 2. The number of carbonyl (C=O) groups is 2. The van der Waals surface area contributed by atoms with Gasteiger partial charge < -0.3 is 10.6 Å². The molecule has 2 rings (SSSR count). The van der Waals surface area contributed by atoms with Gasteiger partial charge in [-0.25, -0.2) is 0 Å². The van der Waals surface area contributed by atoms with Gasteiger partial charge in [-0.3, -0.25) is 9.59 Å².